The molecule has 0 fully saturated rings. The summed E-state index contributed by atoms with van der Waals surface area (Å²) in [5.41, 5.74) is 4.94. The number of likely N-dealkylation sites (N-methyl/N-ethyl adjacent to an activating group) is 1. The number of thiophene rings is 1. The van der Waals surface area contributed by atoms with Crippen LogP contribution in [-0.2, 0) is 4.79 Å². The maximum Gasteiger partial charge on any atom is 0.338 e. The molecule has 0 aliphatic rings. The normalized spacial score (nSPS) is 9.71. The van der Waals surface area contributed by atoms with Gasteiger partial charge >= 0.3 is 12.0 Å². The van der Waals surface area contributed by atoms with E-state index in [1.165, 1.54) is 13.1 Å². The van der Waals surface area contributed by atoms with Crippen LogP contribution in [0.25, 0.3) is 0 Å². The zero-order valence-electron chi connectivity index (χ0n) is 8.97. The maximum atomic E-state index is 11.5. The van der Waals surface area contributed by atoms with Crippen molar-refractivity contribution in [3.8, 4) is 0 Å². The summed E-state index contributed by atoms with van der Waals surface area (Å²) in [6.07, 6.45) is 0. The summed E-state index contributed by atoms with van der Waals surface area (Å²) in [6.45, 7) is -0.236. The van der Waals surface area contributed by atoms with Crippen LogP contribution in [0.15, 0.2) is 11.4 Å². The number of carboxylic acids is 1. The molecule has 1 aromatic heterocycles. The number of aromatic carboxylic acids is 1. The van der Waals surface area contributed by atoms with E-state index in [0.29, 0.717) is 0 Å². The number of carbonyl (C=O) groups excluding carboxylic acids is 2. The number of amides is 3. The molecule has 3 amide bonds. The predicted molar refractivity (Wildman–Crippen MR) is 62.1 cm³/mol. The van der Waals surface area contributed by atoms with Crippen LogP contribution in [0.4, 0.5) is 9.80 Å². The first-order valence-corrected chi connectivity index (χ1v) is 5.41. The zero-order valence-corrected chi connectivity index (χ0v) is 9.78. The van der Waals surface area contributed by atoms with E-state index in [2.05, 4.69) is 5.32 Å². The Hall–Kier alpha value is -2.09. The van der Waals surface area contributed by atoms with Gasteiger partial charge in [0, 0.05) is 7.05 Å². The number of primary amides is 1. The topological polar surface area (TPSA) is 113 Å². The van der Waals surface area contributed by atoms with E-state index < -0.39 is 17.9 Å². The van der Waals surface area contributed by atoms with Crippen LogP contribution in [0.1, 0.15) is 10.4 Å². The summed E-state index contributed by atoms with van der Waals surface area (Å²) in [7, 11) is 1.38. The molecule has 0 saturated heterocycles. The average molecular weight is 257 g/mol. The second kappa shape index (κ2) is 5.30. The molecule has 0 spiro atoms. The van der Waals surface area contributed by atoms with Crippen LogP contribution in [0.2, 0.25) is 0 Å². The molecular formula is C9H11N3O4S. The highest BCUT2D eigenvalue weighted by Gasteiger charge is 2.16. The lowest BCUT2D eigenvalue weighted by Crippen LogP contribution is -2.38. The third-order valence-electron chi connectivity index (χ3n) is 1.86. The fourth-order valence-corrected chi connectivity index (χ4v) is 1.84. The van der Waals surface area contributed by atoms with Crippen molar-refractivity contribution >= 4 is 34.2 Å². The Balaban J connectivity index is 2.71. The van der Waals surface area contributed by atoms with Crippen LogP contribution >= 0.6 is 11.3 Å². The number of rotatable bonds is 4. The Morgan fingerprint density at radius 3 is 2.71 bits per heavy atom. The van der Waals surface area contributed by atoms with E-state index in [9.17, 15) is 14.4 Å². The minimum absolute atomic E-state index is 0.0100. The minimum Gasteiger partial charge on any atom is -0.478 e. The van der Waals surface area contributed by atoms with Gasteiger partial charge in [0.15, 0.2) is 0 Å². The van der Waals surface area contributed by atoms with Crippen molar-refractivity contribution < 1.29 is 19.5 Å². The molecule has 1 aromatic rings. The quantitative estimate of drug-likeness (QED) is 0.724. The van der Waals surface area contributed by atoms with Crippen molar-refractivity contribution in [2.45, 2.75) is 0 Å². The Bertz CT molecular complexity index is 457. The molecule has 92 valence electrons. The van der Waals surface area contributed by atoms with Gasteiger partial charge in [-0.1, -0.05) is 0 Å². The fraction of sp³-hybridized carbons (Fsp3) is 0.222. The number of anilines is 1. The fourth-order valence-electron chi connectivity index (χ4n) is 1.07. The molecule has 0 bridgehead atoms. The van der Waals surface area contributed by atoms with Crippen LogP contribution < -0.4 is 11.1 Å². The average Bonchev–Trinajstić information content (AvgIpc) is 2.64. The second-order valence-electron chi connectivity index (χ2n) is 3.22. The number of urea groups is 1. The van der Waals surface area contributed by atoms with E-state index in [0.717, 1.165) is 16.2 Å². The van der Waals surface area contributed by atoms with Crippen molar-refractivity contribution in [2.24, 2.45) is 5.73 Å². The van der Waals surface area contributed by atoms with E-state index in [-0.39, 0.29) is 17.1 Å². The molecule has 0 saturated carbocycles. The van der Waals surface area contributed by atoms with Crippen molar-refractivity contribution in [1.82, 2.24) is 4.90 Å². The summed E-state index contributed by atoms with van der Waals surface area (Å²) >= 11 is 1.09. The molecule has 7 nitrogen and oxygen atoms in total. The first-order valence-electron chi connectivity index (χ1n) is 4.53. The lowest BCUT2D eigenvalue weighted by atomic mass is 10.3. The molecule has 0 radical (unpaired) electrons. The number of nitrogens with one attached hydrogen (secondary N) is 1. The third kappa shape index (κ3) is 3.45. The standard InChI is InChI=1S/C9H11N3O4S/c1-12(4-6(10)13)9(16)11-7-5(8(14)15)2-3-17-7/h2-3H,4H2,1H3,(H2,10,13)(H,11,16)(H,14,15). The molecule has 0 aromatic carbocycles. The van der Waals surface area contributed by atoms with Crippen molar-refractivity contribution in [3.63, 3.8) is 0 Å². The van der Waals surface area contributed by atoms with Crippen molar-refractivity contribution in [3.05, 3.63) is 17.0 Å². The van der Waals surface area contributed by atoms with Gasteiger partial charge in [-0.3, -0.25) is 10.1 Å². The van der Waals surface area contributed by atoms with Gasteiger partial charge in [0.25, 0.3) is 0 Å². The van der Waals surface area contributed by atoms with E-state index in [1.54, 1.807) is 5.38 Å². The van der Waals surface area contributed by atoms with E-state index in [1.807, 2.05) is 0 Å². The smallest absolute Gasteiger partial charge is 0.338 e. The molecule has 0 aliphatic carbocycles. The largest absolute Gasteiger partial charge is 0.478 e. The molecule has 0 unspecified atom stereocenters. The molecule has 1 rings (SSSR count). The van der Waals surface area contributed by atoms with E-state index >= 15 is 0 Å². The molecule has 1 heterocycles. The Morgan fingerprint density at radius 1 is 1.53 bits per heavy atom. The third-order valence-corrected chi connectivity index (χ3v) is 2.69. The summed E-state index contributed by atoms with van der Waals surface area (Å²) in [5.74, 6) is -1.77. The van der Waals surface area contributed by atoms with Gasteiger partial charge < -0.3 is 15.7 Å². The summed E-state index contributed by atoms with van der Waals surface area (Å²) in [5, 5.41) is 13.0. The van der Waals surface area contributed by atoms with Crippen molar-refractivity contribution in [1.29, 1.82) is 0 Å². The molecule has 4 N–H and O–H groups in total. The number of carbonyl (C=O) groups is 3. The van der Waals surface area contributed by atoms with E-state index in [4.69, 9.17) is 10.8 Å². The highest BCUT2D eigenvalue weighted by atomic mass is 32.1. The van der Waals surface area contributed by atoms with Gasteiger partial charge in [-0.15, -0.1) is 11.3 Å². The highest BCUT2D eigenvalue weighted by molar-refractivity contribution is 7.14. The van der Waals surface area contributed by atoms with Gasteiger partial charge in [-0.2, -0.15) is 0 Å². The Kier molecular flexibility index (Phi) is 4.05. The second-order valence-corrected chi connectivity index (χ2v) is 4.14. The molecule has 0 atom stereocenters. The first-order chi connectivity index (χ1) is 7.91. The van der Waals surface area contributed by atoms with Crippen LogP contribution in [0.3, 0.4) is 0 Å². The Morgan fingerprint density at radius 2 is 2.18 bits per heavy atom. The predicted octanol–water partition coefficient (Wildman–Crippen LogP) is 0.395. The monoisotopic (exact) mass is 257 g/mol. The number of hydrogen-bond donors (Lipinski definition) is 3. The van der Waals surface area contributed by atoms with Gasteiger partial charge in [0.05, 0.1) is 5.56 Å². The van der Waals surface area contributed by atoms with Gasteiger partial charge in [-0.25, -0.2) is 9.59 Å². The number of nitrogens with two attached hydrogens (primary N) is 1. The highest BCUT2D eigenvalue weighted by Crippen LogP contribution is 2.23. The maximum absolute atomic E-state index is 11.5. The first kappa shape index (κ1) is 13.0. The summed E-state index contributed by atoms with van der Waals surface area (Å²) in [6, 6.07) is 0.796. The lowest BCUT2D eigenvalue weighted by Gasteiger charge is -2.15. The van der Waals surface area contributed by atoms with Gasteiger partial charge in [0.2, 0.25) is 5.91 Å². The minimum atomic E-state index is -1.13. The number of nitrogens with zero attached hydrogens (tertiary/aromatic N) is 1. The molecular weight excluding hydrogens is 246 g/mol. The lowest BCUT2D eigenvalue weighted by molar-refractivity contribution is -0.118. The van der Waals surface area contributed by atoms with Crippen molar-refractivity contribution in [2.75, 3.05) is 18.9 Å². The summed E-state index contributed by atoms with van der Waals surface area (Å²) in [4.78, 5) is 34.0. The van der Waals surface area contributed by atoms with Crippen LogP contribution in [0, 0.1) is 0 Å². The number of carboxylic acid groups (broad SMARTS) is 1. The molecule has 17 heavy (non-hydrogen) atoms. The molecule has 8 heteroatoms. The zero-order chi connectivity index (χ0) is 13.0. The number of hydrogen-bond acceptors (Lipinski definition) is 4. The summed E-state index contributed by atoms with van der Waals surface area (Å²) < 4.78 is 0. The van der Waals surface area contributed by atoms with Gasteiger partial charge in [0.1, 0.15) is 11.5 Å². The van der Waals surface area contributed by atoms with Crippen LogP contribution in [0.5, 0.6) is 0 Å². The Labute approximate surface area is 101 Å². The molecule has 0 aliphatic heterocycles. The van der Waals surface area contributed by atoms with Crippen LogP contribution in [-0.4, -0.2) is 41.5 Å². The SMILES string of the molecule is CN(CC(N)=O)C(=O)Nc1sccc1C(=O)O. The van der Waals surface area contributed by atoms with Gasteiger partial charge in [-0.05, 0) is 11.4 Å².